The summed E-state index contributed by atoms with van der Waals surface area (Å²) < 4.78 is 10.7. The first kappa shape index (κ1) is 16.8. The summed E-state index contributed by atoms with van der Waals surface area (Å²) in [4.78, 5) is 26.5. The number of carboxylic acid groups (broad SMARTS) is 1. The summed E-state index contributed by atoms with van der Waals surface area (Å²) >= 11 is 0. The van der Waals surface area contributed by atoms with Crippen LogP contribution in [0.2, 0.25) is 0 Å². The Labute approximate surface area is 133 Å². The summed E-state index contributed by atoms with van der Waals surface area (Å²) in [6.07, 6.45) is 4.01. The minimum Gasteiger partial charge on any atom is -0.481 e. The number of nitrogens with zero attached hydrogens (tertiary/aromatic N) is 1. The Hall–Kier alpha value is -2.57. The Bertz CT molecular complexity index is 645. The topological polar surface area (TPSA) is 106 Å². The third-order valence-electron chi connectivity index (χ3n) is 3.34. The van der Waals surface area contributed by atoms with Crippen LogP contribution in [-0.4, -0.2) is 28.5 Å². The Morgan fingerprint density at radius 1 is 1.30 bits per heavy atom. The van der Waals surface area contributed by atoms with Gasteiger partial charge in [-0.1, -0.05) is 6.42 Å². The van der Waals surface area contributed by atoms with E-state index in [2.05, 4.69) is 10.3 Å². The standard InChI is InChI=1S/C16H20N2O5/c1-11-12(18-16(23-11)13-6-5-9-22-13)10-14(19)17-8-4-2-3-7-15(20)21/h5-6,9H,2-4,7-8,10H2,1H3,(H,17,19)(H,20,21). The summed E-state index contributed by atoms with van der Waals surface area (Å²) in [5, 5.41) is 11.3. The number of carboxylic acids is 1. The Kier molecular flexibility index (Phi) is 5.96. The first-order chi connectivity index (χ1) is 11.1. The first-order valence-electron chi connectivity index (χ1n) is 7.55. The smallest absolute Gasteiger partial charge is 0.303 e. The maximum absolute atomic E-state index is 11.9. The number of hydrogen-bond donors (Lipinski definition) is 2. The molecule has 0 fully saturated rings. The van der Waals surface area contributed by atoms with Crippen molar-refractivity contribution in [3.63, 3.8) is 0 Å². The molecule has 0 radical (unpaired) electrons. The molecular weight excluding hydrogens is 300 g/mol. The molecule has 23 heavy (non-hydrogen) atoms. The Balaban J connectivity index is 1.74. The summed E-state index contributed by atoms with van der Waals surface area (Å²) in [7, 11) is 0. The Morgan fingerprint density at radius 3 is 2.83 bits per heavy atom. The molecule has 0 aliphatic carbocycles. The van der Waals surface area contributed by atoms with Crippen LogP contribution in [0.5, 0.6) is 0 Å². The molecule has 2 heterocycles. The molecule has 7 nitrogen and oxygen atoms in total. The van der Waals surface area contributed by atoms with Crippen LogP contribution in [0.15, 0.2) is 27.2 Å². The monoisotopic (exact) mass is 320 g/mol. The quantitative estimate of drug-likeness (QED) is 0.688. The second-order valence-corrected chi connectivity index (χ2v) is 5.23. The average Bonchev–Trinajstić information content (AvgIpc) is 3.13. The molecule has 1 amide bonds. The predicted octanol–water partition coefficient (Wildman–Crippen LogP) is 2.55. The number of oxazole rings is 1. The lowest BCUT2D eigenvalue weighted by Crippen LogP contribution is -2.26. The molecule has 2 N–H and O–H groups in total. The first-order valence-corrected chi connectivity index (χ1v) is 7.55. The van der Waals surface area contributed by atoms with E-state index in [0.717, 1.165) is 12.8 Å². The van der Waals surface area contributed by atoms with E-state index < -0.39 is 5.97 Å². The van der Waals surface area contributed by atoms with E-state index in [9.17, 15) is 9.59 Å². The van der Waals surface area contributed by atoms with E-state index >= 15 is 0 Å². The fraction of sp³-hybridized carbons (Fsp3) is 0.438. The molecule has 0 aromatic carbocycles. The molecule has 7 heteroatoms. The van der Waals surface area contributed by atoms with Crippen molar-refractivity contribution in [3.05, 3.63) is 29.9 Å². The van der Waals surface area contributed by atoms with Crippen molar-refractivity contribution in [1.82, 2.24) is 10.3 Å². The van der Waals surface area contributed by atoms with Crippen LogP contribution in [0.1, 0.15) is 37.1 Å². The second kappa shape index (κ2) is 8.17. The number of furan rings is 1. The molecule has 2 aromatic heterocycles. The van der Waals surface area contributed by atoms with Crippen molar-refractivity contribution >= 4 is 11.9 Å². The lowest BCUT2D eigenvalue weighted by Gasteiger charge is -2.03. The summed E-state index contributed by atoms with van der Waals surface area (Å²) in [6.45, 7) is 2.29. The van der Waals surface area contributed by atoms with Crippen LogP contribution in [0.4, 0.5) is 0 Å². The van der Waals surface area contributed by atoms with Gasteiger partial charge >= 0.3 is 5.97 Å². The molecule has 0 bridgehead atoms. The normalized spacial score (nSPS) is 10.7. The molecule has 0 saturated heterocycles. The Morgan fingerprint density at radius 2 is 2.13 bits per heavy atom. The number of hydrogen-bond acceptors (Lipinski definition) is 5. The summed E-state index contributed by atoms with van der Waals surface area (Å²) in [5.41, 5.74) is 0.583. The van der Waals surface area contributed by atoms with Crippen LogP contribution in [-0.2, 0) is 16.0 Å². The van der Waals surface area contributed by atoms with Crippen LogP contribution in [0.25, 0.3) is 11.7 Å². The zero-order chi connectivity index (χ0) is 16.7. The highest BCUT2D eigenvalue weighted by atomic mass is 16.4. The predicted molar refractivity (Wildman–Crippen MR) is 81.8 cm³/mol. The van der Waals surface area contributed by atoms with Crippen molar-refractivity contribution < 1.29 is 23.5 Å². The van der Waals surface area contributed by atoms with Gasteiger partial charge in [-0.3, -0.25) is 9.59 Å². The number of carbonyl (C=O) groups excluding carboxylic acids is 1. The third kappa shape index (κ3) is 5.28. The van der Waals surface area contributed by atoms with Gasteiger partial charge in [0.1, 0.15) is 5.76 Å². The molecule has 0 unspecified atom stereocenters. The molecule has 124 valence electrons. The van der Waals surface area contributed by atoms with Gasteiger partial charge in [-0.15, -0.1) is 0 Å². The molecule has 0 aliphatic heterocycles. The minimum absolute atomic E-state index is 0.134. The highest BCUT2D eigenvalue weighted by Gasteiger charge is 2.15. The van der Waals surface area contributed by atoms with Crippen molar-refractivity contribution in [3.8, 4) is 11.7 Å². The van der Waals surface area contributed by atoms with E-state index in [1.165, 1.54) is 6.26 Å². The van der Waals surface area contributed by atoms with Crippen molar-refractivity contribution in [2.24, 2.45) is 0 Å². The highest BCUT2D eigenvalue weighted by molar-refractivity contribution is 5.78. The lowest BCUT2D eigenvalue weighted by molar-refractivity contribution is -0.137. The maximum Gasteiger partial charge on any atom is 0.303 e. The second-order valence-electron chi connectivity index (χ2n) is 5.23. The molecule has 0 spiro atoms. The number of amides is 1. The van der Waals surface area contributed by atoms with Crippen LogP contribution in [0.3, 0.4) is 0 Å². The van der Waals surface area contributed by atoms with Gasteiger partial charge in [0.2, 0.25) is 5.91 Å². The number of carbonyl (C=O) groups is 2. The highest BCUT2D eigenvalue weighted by Crippen LogP contribution is 2.22. The number of aromatic nitrogens is 1. The van der Waals surface area contributed by atoms with Gasteiger partial charge < -0.3 is 19.3 Å². The van der Waals surface area contributed by atoms with Gasteiger partial charge in [-0.05, 0) is 31.9 Å². The van der Waals surface area contributed by atoms with E-state index in [0.29, 0.717) is 36.1 Å². The van der Waals surface area contributed by atoms with E-state index in [1.54, 1.807) is 19.1 Å². The van der Waals surface area contributed by atoms with Crippen LogP contribution in [0, 0.1) is 6.92 Å². The maximum atomic E-state index is 11.9. The number of unbranched alkanes of at least 4 members (excludes halogenated alkanes) is 2. The van der Waals surface area contributed by atoms with Gasteiger partial charge in [-0.2, -0.15) is 0 Å². The molecule has 2 rings (SSSR count). The number of rotatable bonds is 9. The zero-order valence-corrected chi connectivity index (χ0v) is 13.0. The van der Waals surface area contributed by atoms with Gasteiger partial charge in [-0.25, -0.2) is 4.98 Å². The van der Waals surface area contributed by atoms with Crippen molar-refractivity contribution in [2.45, 2.75) is 39.0 Å². The summed E-state index contributed by atoms with van der Waals surface area (Å²) in [6, 6.07) is 3.48. The number of aryl methyl sites for hydroxylation is 1. The van der Waals surface area contributed by atoms with E-state index in [1.807, 2.05) is 0 Å². The fourth-order valence-electron chi connectivity index (χ4n) is 2.12. The minimum atomic E-state index is -0.789. The van der Waals surface area contributed by atoms with Gasteiger partial charge in [0.05, 0.1) is 18.4 Å². The fourth-order valence-corrected chi connectivity index (χ4v) is 2.12. The van der Waals surface area contributed by atoms with Crippen LogP contribution < -0.4 is 5.32 Å². The van der Waals surface area contributed by atoms with Crippen molar-refractivity contribution in [2.75, 3.05) is 6.54 Å². The lowest BCUT2D eigenvalue weighted by atomic mass is 10.2. The number of aliphatic carboxylic acids is 1. The zero-order valence-electron chi connectivity index (χ0n) is 13.0. The van der Waals surface area contributed by atoms with Gasteiger partial charge in [0.15, 0.2) is 5.76 Å². The third-order valence-corrected chi connectivity index (χ3v) is 3.34. The summed E-state index contributed by atoms with van der Waals surface area (Å²) in [5.74, 6) is 0.559. The van der Waals surface area contributed by atoms with Gasteiger partial charge in [0.25, 0.3) is 5.89 Å². The molecule has 2 aromatic rings. The van der Waals surface area contributed by atoms with Gasteiger partial charge in [0, 0.05) is 13.0 Å². The molecular formula is C16H20N2O5. The number of nitrogens with one attached hydrogen (secondary N) is 1. The molecule has 0 atom stereocenters. The average molecular weight is 320 g/mol. The van der Waals surface area contributed by atoms with Crippen LogP contribution >= 0.6 is 0 Å². The SMILES string of the molecule is Cc1oc(-c2ccco2)nc1CC(=O)NCCCCCC(=O)O. The largest absolute Gasteiger partial charge is 0.481 e. The van der Waals surface area contributed by atoms with E-state index in [4.69, 9.17) is 13.9 Å². The van der Waals surface area contributed by atoms with E-state index in [-0.39, 0.29) is 18.7 Å². The molecule has 0 aliphatic rings. The molecule has 0 saturated carbocycles. The van der Waals surface area contributed by atoms with Crippen molar-refractivity contribution in [1.29, 1.82) is 0 Å².